The van der Waals surface area contributed by atoms with Crippen LogP contribution in [0.25, 0.3) is 0 Å². The highest BCUT2D eigenvalue weighted by molar-refractivity contribution is 5.66. The van der Waals surface area contributed by atoms with E-state index in [1.807, 2.05) is 6.07 Å². The molecule has 1 N–H and O–H groups in total. The molecule has 18 heavy (non-hydrogen) atoms. The van der Waals surface area contributed by atoms with E-state index in [1.54, 1.807) is 0 Å². The first kappa shape index (κ1) is 12.9. The number of rotatable bonds is 5. The molecule has 0 atom stereocenters. The third kappa shape index (κ3) is 2.84. The van der Waals surface area contributed by atoms with Gasteiger partial charge in [-0.05, 0) is 30.9 Å². The van der Waals surface area contributed by atoms with E-state index in [2.05, 4.69) is 26.0 Å². The van der Waals surface area contributed by atoms with Gasteiger partial charge in [-0.3, -0.25) is 4.79 Å². The van der Waals surface area contributed by atoms with Crippen LogP contribution in [0.4, 0.5) is 0 Å². The molecule has 0 amide bonds. The highest BCUT2D eigenvalue weighted by Gasteiger charge is 2.31. The first-order valence-electron chi connectivity index (χ1n) is 6.47. The normalized spacial score (nSPS) is 16.1. The largest absolute Gasteiger partial charge is 0.492 e. The minimum atomic E-state index is -0.710. The molecule has 98 valence electrons. The quantitative estimate of drug-likeness (QED) is 0.814. The van der Waals surface area contributed by atoms with Gasteiger partial charge in [-0.25, -0.2) is 0 Å². The number of unbranched alkanes of at least 4 members (excludes halogenated alkanes) is 1. The van der Waals surface area contributed by atoms with E-state index in [0.717, 1.165) is 31.6 Å². The van der Waals surface area contributed by atoms with E-state index in [1.165, 1.54) is 11.1 Å². The maximum atomic E-state index is 10.4. The number of hydrogen-bond acceptors (Lipinski definition) is 2. The van der Waals surface area contributed by atoms with Crippen LogP contribution in [-0.4, -0.2) is 17.7 Å². The molecule has 0 aliphatic carbocycles. The van der Waals surface area contributed by atoms with Crippen LogP contribution in [0.2, 0.25) is 0 Å². The second-order valence-corrected chi connectivity index (χ2v) is 5.60. The van der Waals surface area contributed by atoms with Gasteiger partial charge in [-0.2, -0.15) is 0 Å². The first-order chi connectivity index (χ1) is 8.49. The van der Waals surface area contributed by atoms with Crippen molar-refractivity contribution in [2.45, 2.75) is 44.9 Å². The van der Waals surface area contributed by atoms with Gasteiger partial charge in [0.2, 0.25) is 0 Å². The topological polar surface area (TPSA) is 46.5 Å². The van der Waals surface area contributed by atoms with Gasteiger partial charge in [0.1, 0.15) is 5.75 Å². The highest BCUT2D eigenvalue weighted by atomic mass is 16.5. The van der Waals surface area contributed by atoms with Gasteiger partial charge in [-0.15, -0.1) is 0 Å². The predicted molar refractivity (Wildman–Crippen MR) is 70.2 cm³/mol. The number of carbonyl (C=O) groups is 1. The fourth-order valence-electron chi connectivity index (χ4n) is 2.33. The zero-order valence-electron chi connectivity index (χ0n) is 11.0. The Morgan fingerprint density at radius 2 is 2.17 bits per heavy atom. The summed E-state index contributed by atoms with van der Waals surface area (Å²) < 4.78 is 5.65. The smallest absolute Gasteiger partial charge is 0.303 e. The Bertz CT molecular complexity index is 449. The maximum absolute atomic E-state index is 10.4. The molecule has 1 aromatic rings. The van der Waals surface area contributed by atoms with Gasteiger partial charge < -0.3 is 9.84 Å². The molecule has 0 saturated heterocycles. The van der Waals surface area contributed by atoms with Crippen molar-refractivity contribution in [1.29, 1.82) is 0 Å². The lowest BCUT2D eigenvalue weighted by atomic mass is 9.86. The van der Waals surface area contributed by atoms with Gasteiger partial charge in [0, 0.05) is 17.4 Å². The second kappa shape index (κ2) is 5.01. The summed E-state index contributed by atoms with van der Waals surface area (Å²) in [5.74, 6) is 0.285. The lowest BCUT2D eigenvalue weighted by Gasteiger charge is -2.15. The number of ether oxygens (including phenoxy) is 1. The molecule has 0 aromatic heterocycles. The maximum Gasteiger partial charge on any atom is 0.303 e. The summed E-state index contributed by atoms with van der Waals surface area (Å²) in [5, 5.41) is 8.59. The molecule has 2 rings (SSSR count). The Hall–Kier alpha value is -1.51. The van der Waals surface area contributed by atoms with E-state index in [4.69, 9.17) is 9.84 Å². The van der Waals surface area contributed by atoms with Crippen molar-refractivity contribution in [3.8, 4) is 5.75 Å². The standard InChI is InChI=1S/C15H20O3/c1-15(2)10-18-13-8-7-11(9-12(13)15)5-3-4-6-14(16)17/h7-9H,3-6,10H2,1-2H3,(H,16,17). The van der Waals surface area contributed by atoms with Crippen LogP contribution in [0, 0.1) is 0 Å². The monoisotopic (exact) mass is 248 g/mol. The molecule has 0 fully saturated rings. The third-order valence-electron chi connectivity index (χ3n) is 3.47. The number of benzene rings is 1. The molecule has 0 spiro atoms. The van der Waals surface area contributed by atoms with Crippen LogP contribution < -0.4 is 4.74 Å². The molecule has 0 radical (unpaired) electrons. The molecule has 3 heteroatoms. The minimum absolute atomic E-state index is 0.0897. The van der Waals surface area contributed by atoms with Gasteiger partial charge in [0.25, 0.3) is 0 Å². The van der Waals surface area contributed by atoms with Gasteiger partial charge in [0.15, 0.2) is 0 Å². The summed E-state index contributed by atoms with van der Waals surface area (Å²) in [7, 11) is 0. The van der Waals surface area contributed by atoms with Crippen LogP contribution in [-0.2, 0) is 16.6 Å². The van der Waals surface area contributed by atoms with Crippen LogP contribution >= 0.6 is 0 Å². The molecule has 1 aliphatic heterocycles. The van der Waals surface area contributed by atoms with Gasteiger partial charge >= 0.3 is 5.97 Å². The van der Waals surface area contributed by atoms with E-state index in [0.29, 0.717) is 0 Å². The van der Waals surface area contributed by atoms with Crippen molar-refractivity contribution < 1.29 is 14.6 Å². The summed E-state index contributed by atoms with van der Waals surface area (Å²) in [5.41, 5.74) is 2.64. The fourth-order valence-corrected chi connectivity index (χ4v) is 2.33. The predicted octanol–water partition coefficient (Wildman–Crippen LogP) is 3.15. The summed E-state index contributed by atoms with van der Waals surface area (Å²) in [6.45, 7) is 5.12. The van der Waals surface area contributed by atoms with E-state index < -0.39 is 5.97 Å². The van der Waals surface area contributed by atoms with Crippen LogP contribution in [0.5, 0.6) is 5.75 Å². The Labute approximate surface area is 108 Å². The molecule has 0 saturated carbocycles. The minimum Gasteiger partial charge on any atom is -0.492 e. The average molecular weight is 248 g/mol. The first-order valence-corrected chi connectivity index (χ1v) is 6.47. The number of aryl methyl sites for hydroxylation is 1. The highest BCUT2D eigenvalue weighted by Crippen LogP contribution is 2.38. The SMILES string of the molecule is CC1(C)COc2ccc(CCCCC(=O)O)cc21. The van der Waals surface area contributed by atoms with E-state index in [-0.39, 0.29) is 11.8 Å². The molecule has 1 heterocycles. The summed E-state index contributed by atoms with van der Waals surface area (Å²) in [4.78, 5) is 10.4. The summed E-state index contributed by atoms with van der Waals surface area (Å²) in [6, 6.07) is 6.33. The zero-order valence-corrected chi connectivity index (χ0v) is 11.0. The van der Waals surface area contributed by atoms with Crippen molar-refractivity contribution in [3.05, 3.63) is 29.3 Å². The third-order valence-corrected chi connectivity index (χ3v) is 3.47. The lowest BCUT2D eigenvalue weighted by Crippen LogP contribution is -2.18. The number of aliphatic carboxylic acids is 1. The lowest BCUT2D eigenvalue weighted by molar-refractivity contribution is -0.137. The van der Waals surface area contributed by atoms with E-state index >= 15 is 0 Å². The Balaban J connectivity index is 1.97. The number of carboxylic acid groups (broad SMARTS) is 1. The number of carboxylic acids is 1. The average Bonchev–Trinajstić information content (AvgIpc) is 2.61. The number of fused-ring (bicyclic) bond motifs is 1. The molecule has 0 bridgehead atoms. The Kier molecular flexibility index (Phi) is 3.60. The van der Waals surface area contributed by atoms with Crippen LogP contribution in [0.15, 0.2) is 18.2 Å². The second-order valence-electron chi connectivity index (χ2n) is 5.60. The van der Waals surface area contributed by atoms with Gasteiger partial charge in [-0.1, -0.05) is 26.0 Å². The molecule has 3 nitrogen and oxygen atoms in total. The summed E-state index contributed by atoms with van der Waals surface area (Å²) in [6.07, 6.45) is 2.87. The van der Waals surface area contributed by atoms with Crippen molar-refractivity contribution in [1.82, 2.24) is 0 Å². The molecule has 0 unspecified atom stereocenters. The van der Waals surface area contributed by atoms with Crippen molar-refractivity contribution in [3.63, 3.8) is 0 Å². The Morgan fingerprint density at radius 3 is 2.89 bits per heavy atom. The number of hydrogen-bond donors (Lipinski definition) is 1. The van der Waals surface area contributed by atoms with Crippen LogP contribution in [0.1, 0.15) is 44.2 Å². The molecule has 1 aliphatic rings. The summed E-state index contributed by atoms with van der Waals surface area (Å²) >= 11 is 0. The Morgan fingerprint density at radius 1 is 1.39 bits per heavy atom. The molecular formula is C15H20O3. The van der Waals surface area contributed by atoms with Gasteiger partial charge in [0.05, 0.1) is 6.61 Å². The van der Waals surface area contributed by atoms with Crippen LogP contribution in [0.3, 0.4) is 0 Å². The van der Waals surface area contributed by atoms with Crippen molar-refractivity contribution in [2.24, 2.45) is 0 Å². The fraction of sp³-hybridized carbons (Fsp3) is 0.533. The van der Waals surface area contributed by atoms with Crippen molar-refractivity contribution in [2.75, 3.05) is 6.61 Å². The molecule has 1 aromatic carbocycles. The zero-order chi connectivity index (χ0) is 13.2. The van der Waals surface area contributed by atoms with Crippen molar-refractivity contribution >= 4 is 5.97 Å². The van der Waals surface area contributed by atoms with E-state index in [9.17, 15) is 4.79 Å². The molecular weight excluding hydrogens is 228 g/mol.